The van der Waals surface area contributed by atoms with Crippen LogP contribution in [0.5, 0.6) is 0 Å². The summed E-state index contributed by atoms with van der Waals surface area (Å²) in [5.74, 6) is -9.13. The number of rotatable bonds is 8. The third kappa shape index (κ3) is 3.94. The van der Waals surface area contributed by atoms with Crippen LogP contribution in [-0.2, 0) is 9.47 Å². The van der Waals surface area contributed by atoms with Gasteiger partial charge in [0, 0.05) is 13.5 Å². The van der Waals surface area contributed by atoms with Gasteiger partial charge in [0.25, 0.3) is 0 Å². The van der Waals surface area contributed by atoms with Gasteiger partial charge in [-0.1, -0.05) is 6.08 Å². The highest BCUT2D eigenvalue weighted by Gasteiger charge is 2.73. The molecule has 0 saturated carbocycles. The van der Waals surface area contributed by atoms with Gasteiger partial charge in [-0.25, -0.2) is 0 Å². The van der Waals surface area contributed by atoms with Gasteiger partial charge in [0.15, 0.2) is 0 Å². The smallest absolute Gasteiger partial charge is 0.382 e. The molecule has 10 heteroatoms. The fourth-order valence-corrected chi connectivity index (χ4v) is 1.45. The molecule has 0 N–H and O–H groups in total. The second-order valence-electron chi connectivity index (χ2n) is 3.81. The average molecular weight is 328 g/mol. The molecule has 0 aliphatic rings. The number of hydrogen-bond donors (Lipinski definition) is 0. The predicted octanol–water partition coefficient (Wildman–Crippen LogP) is 4.24. The maximum Gasteiger partial charge on any atom is 0.424 e. The molecule has 0 amide bonds. The Hall–Kier alpha value is -1.16. The minimum Gasteiger partial charge on any atom is -0.382 e. The van der Waals surface area contributed by atoms with Crippen molar-refractivity contribution < 1.29 is 44.6 Å². The van der Waals surface area contributed by atoms with Gasteiger partial charge in [0.1, 0.15) is 0 Å². The Morgan fingerprint density at radius 2 is 1.57 bits per heavy atom. The Bertz CT molecular complexity index is 386. The fourth-order valence-electron chi connectivity index (χ4n) is 1.45. The first kappa shape index (κ1) is 19.8. The van der Waals surface area contributed by atoms with Crippen molar-refractivity contribution in [1.29, 1.82) is 0 Å². The summed E-state index contributed by atoms with van der Waals surface area (Å²) in [6.45, 7) is 1.29. The van der Waals surface area contributed by atoms with E-state index in [1.54, 1.807) is 0 Å². The van der Waals surface area contributed by atoms with Crippen LogP contribution in [0.4, 0.5) is 35.1 Å². The number of halogens is 8. The zero-order valence-electron chi connectivity index (χ0n) is 10.7. The lowest BCUT2D eigenvalue weighted by Crippen LogP contribution is -2.61. The number of alkyl halides is 5. The molecule has 0 aromatic heterocycles. The molecule has 0 aliphatic carbocycles. The monoisotopic (exact) mass is 328 g/mol. The van der Waals surface area contributed by atoms with E-state index in [0.29, 0.717) is 6.08 Å². The Balaban J connectivity index is 5.98. The molecule has 2 nitrogen and oxygen atoms in total. The lowest BCUT2D eigenvalue weighted by Gasteiger charge is -2.39. The minimum absolute atomic E-state index is 0.373. The molecule has 1 unspecified atom stereocenters. The van der Waals surface area contributed by atoms with Crippen molar-refractivity contribution >= 4 is 0 Å². The van der Waals surface area contributed by atoms with Crippen molar-refractivity contribution in [2.24, 2.45) is 0 Å². The molecule has 0 aliphatic heterocycles. The summed E-state index contributed by atoms with van der Waals surface area (Å²) < 4.78 is 112. The van der Waals surface area contributed by atoms with Gasteiger partial charge >= 0.3 is 18.2 Å². The Morgan fingerprint density at radius 3 is 1.90 bits per heavy atom. The number of methoxy groups -OCH3 is 1. The van der Waals surface area contributed by atoms with E-state index in [-0.39, 0.29) is 0 Å². The van der Waals surface area contributed by atoms with Gasteiger partial charge in [0.2, 0.25) is 11.4 Å². The topological polar surface area (TPSA) is 18.5 Å². The van der Waals surface area contributed by atoms with Crippen LogP contribution in [0.1, 0.15) is 6.42 Å². The second kappa shape index (κ2) is 7.21. The summed E-state index contributed by atoms with van der Waals surface area (Å²) in [5, 5.41) is 0. The van der Waals surface area contributed by atoms with Gasteiger partial charge in [-0.2, -0.15) is 35.1 Å². The summed E-state index contributed by atoms with van der Waals surface area (Å²) >= 11 is 0. The molecule has 0 spiro atoms. The normalized spacial score (nSPS) is 15.5. The summed E-state index contributed by atoms with van der Waals surface area (Å²) in [6.07, 6.45) is -10.7. The van der Waals surface area contributed by atoms with Gasteiger partial charge in [-0.05, 0) is 0 Å². The zero-order valence-corrected chi connectivity index (χ0v) is 10.7. The van der Waals surface area contributed by atoms with E-state index in [9.17, 15) is 35.1 Å². The van der Waals surface area contributed by atoms with Crippen LogP contribution < -0.4 is 0 Å². The van der Waals surface area contributed by atoms with E-state index < -0.39 is 49.2 Å². The van der Waals surface area contributed by atoms with Crippen LogP contribution in [0, 0.1) is 0 Å². The Morgan fingerprint density at radius 1 is 1.05 bits per heavy atom. The van der Waals surface area contributed by atoms with Crippen LogP contribution in [0.2, 0.25) is 0 Å². The quantitative estimate of drug-likeness (QED) is 0.377. The van der Waals surface area contributed by atoms with Crippen LogP contribution in [0.25, 0.3) is 0 Å². The summed E-state index contributed by atoms with van der Waals surface area (Å²) in [7, 11) is 1.05. The Kier molecular flexibility index (Phi) is 6.81. The molecule has 0 rings (SSSR count). The van der Waals surface area contributed by atoms with Crippen molar-refractivity contribution in [2.75, 3.05) is 20.3 Å². The molecular weight excluding hydrogens is 316 g/mol. The first-order valence-corrected chi connectivity index (χ1v) is 5.37. The third-order valence-electron chi connectivity index (χ3n) is 2.47. The molecular formula is C11H12F8O2. The minimum atomic E-state index is -5.84. The summed E-state index contributed by atoms with van der Waals surface area (Å²) in [6, 6.07) is 0. The van der Waals surface area contributed by atoms with Crippen molar-refractivity contribution in [2.45, 2.75) is 24.1 Å². The second-order valence-corrected chi connectivity index (χ2v) is 3.81. The van der Waals surface area contributed by atoms with E-state index in [1.807, 2.05) is 0 Å². The molecule has 0 saturated heterocycles. The molecule has 1 atom stereocenters. The first-order chi connectivity index (χ1) is 9.48. The van der Waals surface area contributed by atoms with Crippen LogP contribution >= 0.6 is 0 Å². The number of hydrogen-bond acceptors (Lipinski definition) is 2. The zero-order chi connectivity index (χ0) is 16.9. The van der Waals surface area contributed by atoms with Crippen molar-refractivity contribution in [3.8, 4) is 0 Å². The summed E-state index contributed by atoms with van der Waals surface area (Å²) in [4.78, 5) is 0. The molecule has 0 bridgehead atoms. The highest BCUT2D eigenvalue weighted by molar-refractivity contribution is 5.18. The number of ether oxygens (including phenoxy) is 2. The molecule has 0 fully saturated rings. The fraction of sp³-hybridized carbons (Fsp3) is 0.636. The van der Waals surface area contributed by atoms with E-state index in [4.69, 9.17) is 0 Å². The molecule has 0 aromatic rings. The summed E-state index contributed by atoms with van der Waals surface area (Å²) in [5.41, 5.74) is -4.51. The van der Waals surface area contributed by atoms with Gasteiger partial charge in [0.05, 0.1) is 13.2 Å². The van der Waals surface area contributed by atoms with E-state index in [1.165, 1.54) is 0 Å². The van der Waals surface area contributed by atoms with Crippen molar-refractivity contribution in [3.63, 3.8) is 0 Å². The van der Waals surface area contributed by atoms with Crippen molar-refractivity contribution in [3.05, 3.63) is 24.6 Å². The van der Waals surface area contributed by atoms with Gasteiger partial charge in [-0.15, -0.1) is 6.58 Å². The maximum atomic E-state index is 13.7. The molecule has 21 heavy (non-hydrogen) atoms. The highest BCUT2D eigenvalue weighted by atomic mass is 19.4. The van der Waals surface area contributed by atoms with E-state index >= 15 is 0 Å². The Labute approximate surface area is 115 Å². The third-order valence-corrected chi connectivity index (χ3v) is 2.47. The van der Waals surface area contributed by atoms with Gasteiger partial charge < -0.3 is 9.47 Å². The predicted molar refractivity (Wildman–Crippen MR) is 56.7 cm³/mol. The molecule has 0 heterocycles. The maximum absolute atomic E-state index is 13.7. The largest absolute Gasteiger partial charge is 0.424 e. The molecule has 124 valence electrons. The molecule has 0 radical (unpaired) electrons. The lowest BCUT2D eigenvalue weighted by molar-refractivity contribution is -0.341. The SMILES string of the molecule is C=CCC(OCCOC)(C(F)(F)F)C(F)(F)C(F)=C(F)F. The van der Waals surface area contributed by atoms with E-state index in [0.717, 1.165) is 7.11 Å². The average Bonchev–Trinajstić information content (AvgIpc) is 2.35. The molecule has 0 aromatic carbocycles. The lowest BCUT2D eigenvalue weighted by atomic mass is 9.89. The van der Waals surface area contributed by atoms with Crippen molar-refractivity contribution in [1.82, 2.24) is 0 Å². The van der Waals surface area contributed by atoms with Crippen LogP contribution in [0.3, 0.4) is 0 Å². The standard InChI is InChI=1S/C11H12F8O2/c1-3-4-9(11(17,18)19,21-6-5-20-2)10(15,16)7(12)8(13)14/h3H,1,4-6H2,2H3. The first-order valence-electron chi connectivity index (χ1n) is 5.37. The van der Waals surface area contributed by atoms with Gasteiger partial charge in [-0.3, -0.25) is 0 Å². The highest BCUT2D eigenvalue weighted by Crippen LogP contribution is 2.51. The van der Waals surface area contributed by atoms with Crippen LogP contribution in [-0.4, -0.2) is 38.0 Å². The van der Waals surface area contributed by atoms with E-state index in [2.05, 4.69) is 16.1 Å². The van der Waals surface area contributed by atoms with Crippen LogP contribution in [0.15, 0.2) is 24.6 Å².